The van der Waals surface area contributed by atoms with Crippen LogP contribution in [0.15, 0.2) is 53.0 Å². The molecule has 0 saturated heterocycles. The summed E-state index contributed by atoms with van der Waals surface area (Å²) < 4.78 is 26.7. The van der Waals surface area contributed by atoms with Crippen molar-refractivity contribution in [1.82, 2.24) is 10.2 Å². The van der Waals surface area contributed by atoms with E-state index in [1.807, 2.05) is 13.8 Å². The molecule has 0 bridgehead atoms. The van der Waals surface area contributed by atoms with Gasteiger partial charge < -0.3 is 10.2 Å². The van der Waals surface area contributed by atoms with Crippen molar-refractivity contribution in [2.45, 2.75) is 39.4 Å². The lowest BCUT2D eigenvalue weighted by atomic mass is 10.1. The maximum absolute atomic E-state index is 13.4. The molecule has 0 spiro atoms. The van der Waals surface area contributed by atoms with Gasteiger partial charge in [-0.25, -0.2) is 8.42 Å². The highest BCUT2D eigenvalue weighted by molar-refractivity contribution is 9.10. The van der Waals surface area contributed by atoms with Gasteiger partial charge in [0.2, 0.25) is 21.8 Å². The van der Waals surface area contributed by atoms with Crippen LogP contribution in [-0.2, 0) is 26.2 Å². The van der Waals surface area contributed by atoms with Gasteiger partial charge in [0.05, 0.1) is 11.9 Å². The van der Waals surface area contributed by atoms with Gasteiger partial charge in [0, 0.05) is 22.1 Å². The molecule has 32 heavy (non-hydrogen) atoms. The predicted octanol–water partition coefficient (Wildman–Crippen LogP) is 3.81. The maximum atomic E-state index is 13.4. The molecule has 2 amide bonds. The lowest BCUT2D eigenvalue weighted by Gasteiger charge is -2.32. The molecule has 1 atom stereocenters. The number of hydrogen-bond donors (Lipinski definition) is 1. The van der Waals surface area contributed by atoms with E-state index in [1.165, 1.54) is 4.90 Å². The van der Waals surface area contributed by atoms with E-state index in [-0.39, 0.29) is 18.5 Å². The van der Waals surface area contributed by atoms with Crippen LogP contribution in [0.5, 0.6) is 0 Å². The summed E-state index contributed by atoms with van der Waals surface area (Å²) in [7, 11) is -3.77. The Hall–Kier alpha value is -2.10. The van der Waals surface area contributed by atoms with Crippen molar-refractivity contribution in [2.75, 3.05) is 17.1 Å². The Labute approximate surface area is 202 Å². The number of halogens is 2. The second-order valence-electron chi connectivity index (χ2n) is 7.70. The number of anilines is 1. The first-order chi connectivity index (χ1) is 14.9. The second kappa shape index (κ2) is 11.2. The van der Waals surface area contributed by atoms with Crippen LogP contribution in [0.1, 0.15) is 26.3 Å². The Morgan fingerprint density at radius 1 is 1.09 bits per heavy atom. The van der Waals surface area contributed by atoms with E-state index >= 15 is 0 Å². The zero-order chi connectivity index (χ0) is 24.1. The highest BCUT2D eigenvalue weighted by Gasteiger charge is 2.30. The van der Waals surface area contributed by atoms with Gasteiger partial charge in [-0.1, -0.05) is 51.8 Å². The van der Waals surface area contributed by atoms with Crippen molar-refractivity contribution in [3.05, 3.63) is 63.6 Å². The highest BCUT2D eigenvalue weighted by atomic mass is 79.9. The van der Waals surface area contributed by atoms with Gasteiger partial charge >= 0.3 is 0 Å². The number of benzene rings is 2. The van der Waals surface area contributed by atoms with Crippen LogP contribution in [0.3, 0.4) is 0 Å². The molecule has 0 unspecified atom stereocenters. The molecule has 0 radical (unpaired) electrons. The molecule has 0 saturated carbocycles. The van der Waals surface area contributed by atoms with Crippen LogP contribution in [0.25, 0.3) is 0 Å². The lowest BCUT2D eigenvalue weighted by Crippen LogP contribution is -2.52. The molecule has 2 aromatic rings. The van der Waals surface area contributed by atoms with E-state index in [9.17, 15) is 18.0 Å². The summed E-state index contributed by atoms with van der Waals surface area (Å²) in [5.41, 5.74) is 0.993. The number of nitrogens with zero attached hydrogens (tertiary/aromatic N) is 2. The highest BCUT2D eigenvalue weighted by Crippen LogP contribution is 2.24. The van der Waals surface area contributed by atoms with E-state index in [2.05, 4.69) is 21.2 Å². The second-order valence-corrected chi connectivity index (χ2v) is 10.9. The normalized spacial score (nSPS) is 12.3. The summed E-state index contributed by atoms with van der Waals surface area (Å²) in [6.45, 7) is 4.85. The molecular weight excluding hydrogens is 518 g/mol. The summed E-state index contributed by atoms with van der Waals surface area (Å²) in [6, 6.07) is 12.7. The zero-order valence-corrected chi connectivity index (χ0v) is 21.5. The first-order valence-electron chi connectivity index (χ1n) is 9.96. The molecule has 0 aromatic heterocycles. The molecule has 2 rings (SSSR count). The average molecular weight is 545 g/mol. The molecule has 174 valence electrons. The van der Waals surface area contributed by atoms with Crippen LogP contribution < -0.4 is 9.62 Å². The SMILES string of the molecule is CC(C)NC(=O)[C@H](C)N(Cc1ccccc1Cl)C(=O)CN(c1cccc(Br)c1)S(C)(=O)=O. The Bertz CT molecular complexity index is 1080. The fourth-order valence-electron chi connectivity index (χ4n) is 3.04. The molecule has 10 heteroatoms. The smallest absolute Gasteiger partial charge is 0.244 e. The third-order valence-corrected chi connectivity index (χ3v) is 6.67. The van der Waals surface area contributed by atoms with Crippen molar-refractivity contribution >= 4 is 55.1 Å². The third kappa shape index (κ3) is 7.21. The largest absolute Gasteiger partial charge is 0.352 e. The number of carbonyl (C=O) groups is 2. The molecule has 2 aromatic carbocycles. The van der Waals surface area contributed by atoms with Gasteiger partial charge in [0.25, 0.3) is 0 Å². The van der Waals surface area contributed by atoms with Crippen LogP contribution in [-0.4, -0.2) is 50.0 Å². The summed E-state index contributed by atoms with van der Waals surface area (Å²) in [5, 5.41) is 3.25. The standard InChI is InChI=1S/C22H27BrClN3O4S/c1-15(2)25-22(29)16(3)26(13-17-8-5-6-11-20(17)24)21(28)14-27(32(4,30)31)19-10-7-9-18(23)12-19/h5-12,15-16H,13-14H2,1-4H3,(H,25,29)/t16-/m0/s1. The van der Waals surface area contributed by atoms with Gasteiger partial charge in [-0.15, -0.1) is 0 Å². The molecule has 0 aliphatic carbocycles. The zero-order valence-electron chi connectivity index (χ0n) is 18.4. The number of amides is 2. The predicted molar refractivity (Wildman–Crippen MR) is 131 cm³/mol. The van der Waals surface area contributed by atoms with Gasteiger partial charge in [-0.3, -0.25) is 13.9 Å². The van der Waals surface area contributed by atoms with Crippen LogP contribution in [0, 0.1) is 0 Å². The Morgan fingerprint density at radius 3 is 2.31 bits per heavy atom. The number of sulfonamides is 1. The van der Waals surface area contributed by atoms with E-state index in [0.717, 1.165) is 10.6 Å². The minimum atomic E-state index is -3.77. The van der Waals surface area contributed by atoms with Crippen molar-refractivity contribution in [3.8, 4) is 0 Å². The number of carbonyl (C=O) groups excluding carboxylic acids is 2. The average Bonchev–Trinajstić information content (AvgIpc) is 2.69. The Kier molecular flexibility index (Phi) is 9.12. The minimum absolute atomic E-state index is 0.0568. The summed E-state index contributed by atoms with van der Waals surface area (Å²) in [5.74, 6) is -0.865. The van der Waals surface area contributed by atoms with Crippen molar-refractivity contribution in [1.29, 1.82) is 0 Å². The minimum Gasteiger partial charge on any atom is -0.352 e. The van der Waals surface area contributed by atoms with Crippen molar-refractivity contribution in [3.63, 3.8) is 0 Å². The topological polar surface area (TPSA) is 86.8 Å². The number of rotatable bonds is 9. The molecule has 0 fully saturated rings. The van der Waals surface area contributed by atoms with E-state index in [4.69, 9.17) is 11.6 Å². The van der Waals surface area contributed by atoms with Gasteiger partial charge in [0.1, 0.15) is 12.6 Å². The van der Waals surface area contributed by atoms with Crippen LogP contribution in [0.2, 0.25) is 5.02 Å². The van der Waals surface area contributed by atoms with E-state index in [1.54, 1.807) is 55.5 Å². The lowest BCUT2D eigenvalue weighted by molar-refractivity contribution is -0.139. The van der Waals surface area contributed by atoms with Crippen molar-refractivity contribution < 1.29 is 18.0 Å². The Balaban J connectivity index is 2.40. The number of hydrogen-bond acceptors (Lipinski definition) is 4. The molecule has 0 aliphatic rings. The van der Waals surface area contributed by atoms with Gasteiger partial charge in [-0.2, -0.15) is 0 Å². The van der Waals surface area contributed by atoms with E-state index in [0.29, 0.717) is 20.7 Å². The summed E-state index contributed by atoms with van der Waals surface area (Å²) in [4.78, 5) is 27.4. The Morgan fingerprint density at radius 2 is 1.75 bits per heavy atom. The maximum Gasteiger partial charge on any atom is 0.244 e. The first kappa shape index (κ1) is 26.2. The molecule has 1 N–H and O–H groups in total. The molecule has 0 heterocycles. The fraction of sp³-hybridized carbons (Fsp3) is 0.364. The summed E-state index contributed by atoms with van der Waals surface area (Å²) >= 11 is 9.61. The molecule has 0 aliphatic heterocycles. The molecular formula is C22H27BrClN3O4S. The summed E-state index contributed by atoms with van der Waals surface area (Å²) in [6.07, 6.45) is 1.04. The van der Waals surface area contributed by atoms with Crippen molar-refractivity contribution in [2.24, 2.45) is 0 Å². The van der Waals surface area contributed by atoms with Crippen LogP contribution in [0.4, 0.5) is 5.69 Å². The monoisotopic (exact) mass is 543 g/mol. The van der Waals surface area contributed by atoms with E-state index < -0.39 is 28.5 Å². The first-order valence-corrected chi connectivity index (χ1v) is 13.0. The fourth-order valence-corrected chi connectivity index (χ4v) is 4.47. The van der Waals surface area contributed by atoms with Crippen LogP contribution >= 0.6 is 27.5 Å². The van der Waals surface area contributed by atoms with Gasteiger partial charge in [0.15, 0.2) is 0 Å². The third-order valence-electron chi connectivity index (χ3n) is 4.67. The van der Waals surface area contributed by atoms with Gasteiger partial charge in [-0.05, 0) is 50.6 Å². The quantitative estimate of drug-likeness (QED) is 0.520. The number of nitrogens with one attached hydrogen (secondary N) is 1. The molecule has 7 nitrogen and oxygen atoms in total.